The highest BCUT2D eigenvalue weighted by molar-refractivity contribution is 5.62. The van der Waals surface area contributed by atoms with Crippen LogP contribution in [0, 0.1) is 0 Å². The molecule has 15 heavy (non-hydrogen) atoms. The summed E-state index contributed by atoms with van der Waals surface area (Å²) >= 11 is 0. The molecule has 0 amide bonds. The van der Waals surface area contributed by atoms with Gasteiger partial charge in [-0.1, -0.05) is 19.1 Å². The number of benzene rings is 1. The monoisotopic (exact) mass is 217 g/mol. The summed E-state index contributed by atoms with van der Waals surface area (Å²) in [4.78, 5) is 10.3. The number of alkyl halides is 3. The molecule has 1 atom stereocenters. The summed E-state index contributed by atoms with van der Waals surface area (Å²) in [7, 11) is 0. The van der Waals surface area contributed by atoms with Crippen molar-refractivity contribution in [2.75, 3.05) is 0 Å². The van der Waals surface area contributed by atoms with E-state index in [2.05, 4.69) is 4.74 Å². The standard InChI is InChI=1S/C10H8F3O2/c1-7(6-14)8-2-4-9(5-3-8)15-10(11,12)13/h2-5,7H,1H3. The van der Waals surface area contributed by atoms with Gasteiger partial charge in [0.2, 0.25) is 6.29 Å². The van der Waals surface area contributed by atoms with Crippen LogP contribution in [0.25, 0.3) is 0 Å². The van der Waals surface area contributed by atoms with E-state index in [4.69, 9.17) is 0 Å². The van der Waals surface area contributed by atoms with Crippen LogP contribution in [0.5, 0.6) is 5.75 Å². The van der Waals surface area contributed by atoms with Gasteiger partial charge in [0.15, 0.2) is 0 Å². The average Bonchev–Trinajstić information content (AvgIpc) is 2.15. The normalized spacial score (nSPS) is 13.3. The molecule has 0 bridgehead atoms. The predicted octanol–water partition coefficient (Wildman–Crippen LogP) is 2.80. The van der Waals surface area contributed by atoms with Crippen LogP contribution >= 0.6 is 0 Å². The van der Waals surface area contributed by atoms with Crippen LogP contribution in [-0.2, 0) is 4.79 Å². The fourth-order valence-corrected chi connectivity index (χ4v) is 1.03. The van der Waals surface area contributed by atoms with E-state index in [-0.39, 0.29) is 5.75 Å². The minimum absolute atomic E-state index is 0.302. The van der Waals surface area contributed by atoms with E-state index in [1.807, 2.05) is 0 Å². The lowest BCUT2D eigenvalue weighted by molar-refractivity contribution is -0.274. The van der Waals surface area contributed by atoms with Crippen molar-refractivity contribution < 1.29 is 22.7 Å². The van der Waals surface area contributed by atoms with Gasteiger partial charge in [0, 0.05) is 5.92 Å². The van der Waals surface area contributed by atoms with Gasteiger partial charge in [-0.25, -0.2) is 0 Å². The smallest absolute Gasteiger partial charge is 0.406 e. The molecule has 0 aromatic heterocycles. The molecule has 1 unspecified atom stereocenters. The van der Waals surface area contributed by atoms with E-state index >= 15 is 0 Å². The summed E-state index contributed by atoms with van der Waals surface area (Å²) in [6.07, 6.45) is -2.95. The van der Waals surface area contributed by atoms with E-state index < -0.39 is 12.3 Å². The molecule has 0 heterocycles. The molecule has 0 saturated heterocycles. The first-order chi connectivity index (χ1) is 6.92. The minimum atomic E-state index is -4.69. The van der Waals surface area contributed by atoms with Gasteiger partial charge in [-0.15, -0.1) is 13.2 Å². The molecule has 5 heteroatoms. The lowest BCUT2D eigenvalue weighted by atomic mass is 10.0. The molecular weight excluding hydrogens is 209 g/mol. The zero-order valence-corrected chi connectivity index (χ0v) is 7.84. The quantitative estimate of drug-likeness (QED) is 0.778. The largest absolute Gasteiger partial charge is 0.573 e. The van der Waals surface area contributed by atoms with Crippen LogP contribution in [0.1, 0.15) is 18.4 Å². The summed E-state index contributed by atoms with van der Waals surface area (Å²) in [5.74, 6) is -0.755. The molecule has 81 valence electrons. The van der Waals surface area contributed by atoms with Gasteiger partial charge in [-0.2, -0.15) is 0 Å². The van der Waals surface area contributed by atoms with Crippen LogP contribution < -0.4 is 4.74 Å². The molecule has 1 rings (SSSR count). The molecule has 0 aliphatic heterocycles. The summed E-state index contributed by atoms with van der Waals surface area (Å²) in [5.41, 5.74) is 0.597. The SMILES string of the molecule is CC([C]=O)c1ccc(OC(F)(F)F)cc1. The van der Waals surface area contributed by atoms with Gasteiger partial charge >= 0.3 is 6.36 Å². The van der Waals surface area contributed by atoms with Crippen molar-refractivity contribution in [3.05, 3.63) is 29.8 Å². The lowest BCUT2D eigenvalue weighted by Gasteiger charge is -2.09. The Morgan fingerprint density at radius 1 is 1.27 bits per heavy atom. The van der Waals surface area contributed by atoms with Crippen LogP contribution in [-0.4, -0.2) is 12.6 Å². The highest BCUT2D eigenvalue weighted by Crippen LogP contribution is 2.24. The number of halogens is 3. The van der Waals surface area contributed by atoms with Gasteiger partial charge in [0.05, 0.1) is 0 Å². The fourth-order valence-electron chi connectivity index (χ4n) is 1.03. The summed E-state index contributed by atoms with van der Waals surface area (Å²) in [6, 6.07) is 5.13. The first kappa shape index (κ1) is 11.6. The molecular formula is C10H8F3O2. The summed E-state index contributed by atoms with van der Waals surface area (Å²) < 4.78 is 39.0. The Morgan fingerprint density at radius 2 is 1.80 bits per heavy atom. The topological polar surface area (TPSA) is 26.3 Å². The van der Waals surface area contributed by atoms with E-state index in [1.165, 1.54) is 12.1 Å². The Bertz CT molecular complexity index is 330. The Labute approximate surface area is 84.7 Å². The molecule has 0 aliphatic rings. The second kappa shape index (κ2) is 4.33. The van der Waals surface area contributed by atoms with Crippen molar-refractivity contribution in [1.29, 1.82) is 0 Å². The van der Waals surface area contributed by atoms with Crippen molar-refractivity contribution in [1.82, 2.24) is 0 Å². The van der Waals surface area contributed by atoms with Crippen molar-refractivity contribution in [2.45, 2.75) is 19.2 Å². The average molecular weight is 217 g/mol. The Kier molecular flexibility index (Phi) is 3.34. The van der Waals surface area contributed by atoms with Crippen LogP contribution in [0.4, 0.5) is 13.2 Å². The van der Waals surface area contributed by atoms with E-state index in [0.717, 1.165) is 12.1 Å². The molecule has 1 radical (unpaired) electrons. The third-order valence-electron chi connectivity index (χ3n) is 1.79. The first-order valence-electron chi connectivity index (χ1n) is 4.16. The zero-order chi connectivity index (χ0) is 11.5. The van der Waals surface area contributed by atoms with Crippen molar-refractivity contribution in [3.8, 4) is 5.75 Å². The Hall–Kier alpha value is -1.52. The number of rotatable bonds is 3. The predicted molar refractivity (Wildman–Crippen MR) is 47.2 cm³/mol. The van der Waals surface area contributed by atoms with Crippen molar-refractivity contribution in [2.24, 2.45) is 0 Å². The molecule has 0 saturated carbocycles. The minimum Gasteiger partial charge on any atom is -0.406 e. The van der Waals surface area contributed by atoms with Gasteiger partial charge in [0.25, 0.3) is 0 Å². The van der Waals surface area contributed by atoms with Crippen LogP contribution in [0.15, 0.2) is 24.3 Å². The number of hydrogen-bond acceptors (Lipinski definition) is 2. The Balaban J connectivity index is 2.77. The summed E-state index contributed by atoms with van der Waals surface area (Å²) in [6.45, 7) is 1.60. The molecule has 0 fully saturated rings. The first-order valence-corrected chi connectivity index (χ1v) is 4.16. The third-order valence-corrected chi connectivity index (χ3v) is 1.79. The maximum atomic E-state index is 11.8. The lowest BCUT2D eigenvalue weighted by Crippen LogP contribution is -2.17. The molecule has 1 aromatic rings. The van der Waals surface area contributed by atoms with Gasteiger partial charge in [-0.3, -0.25) is 4.79 Å². The van der Waals surface area contributed by atoms with Crippen LogP contribution in [0.2, 0.25) is 0 Å². The van der Waals surface area contributed by atoms with Crippen molar-refractivity contribution in [3.63, 3.8) is 0 Å². The molecule has 0 aliphatic carbocycles. The van der Waals surface area contributed by atoms with Gasteiger partial charge in [0.1, 0.15) is 5.75 Å². The summed E-state index contributed by atoms with van der Waals surface area (Å²) in [5, 5.41) is 0. The van der Waals surface area contributed by atoms with E-state index in [9.17, 15) is 18.0 Å². The molecule has 1 aromatic carbocycles. The van der Waals surface area contributed by atoms with Gasteiger partial charge < -0.3 is 4.74 Å². The molecule has 0 N–H and O–H groups in total. The van der Waals surface area contributed by atoms with E-state index in [0.29, 0.717) is 5.56 Å². The number of hydrogen-bond donors (Lipinski definition) is 0. The van der Waals surface area contributed by atoms with Crippen LogP contribution in [0.3, 0.4) is 0 Å². The zero-order valence-electron chi connectivity index (χ0n) is 7.84. The highest BCUT2D eigenvalue weighted by atomic mass is 19.4. The molecule has 2 nitrogen and oxygen atoms in total. The maximum absolute atomic E-state index is 11.8. The fraction of sp³-hybridized carbons (Fsp3) is 0.300. The van der Waals surface area contributed by atoms with E-state index in [1.54, 1.807) is 13.2 Å². The second-order valence-electron chi connectivity index (χ2n) is 2.96. The number of carbonyl (C=O) groups excluding carboxylic acids is 1. The van der Waals surface area contributed by atoms with Crippen molar-refractivity contribution >= 4 is 6.29 Å². The Morgan fingerprint density at radius 3 is 2.20 bits per heavy atom. The second-order valence-corrected chi connectivity index (χ2v) is 2.96. The highest BCUT2D eigenvalue weighted by Gasteiger charge is 2.30. The number of ether oxygens (including phenoxy) is 1. The van der Waals surface area contributed by atoms with Gasteiger partial charge in [-0.05, 0) is 17.7 Å². The maximum Gasteiger partial charge on any atom is 0.573 e. The third kappa shape index (κ3) is 3.61. The molecule has 0 spiro atoms.